The molecule has 0 radical (unpaired) electrons. The molecule has 1 unspecified atom stereocenters. The molecular formula is C11H18ClN3. The van der Waals surface area contributed by atoms with Crippen LogP contribution in [0.1, 0.15) is 37.4 Å². The average molecular weight is 228 g/mol. The van der Waals surface area contributed by atoms with Crippen LogP contribution in [0.2, 0.25) is 5.02 Å². The van der Waals surface area contributed by atoms with Crippen LogP contribution < -0.4 is 5.32 Å². The smallest absolute Gasteiger partial charge is 0.0833 e. The van der Waals surface area contributed by atoms with E-state index in [1.165, 1.54) is 25.7 Å². The Hall–Kier alpha value is -0.540. The molecule has 1 N–H and O–H groups in total. The topological polar surface area (TPSA) is 29.9 Å². The molecular weight excluding hydrogens is 210 g/mol. The van der Waals surface area contributed by atoms with E-state index in [1.807, 2.05) is 18.8 Å². The summed E-state index contributed by atoms with van der Waals surface area (Å²) in [6, 6.07) is 0.343. The van der Waals surface area contributed by atoms with E-state index >= 15 is 0 Å². The lowest BCUT2D eigenvalue weighted by Gasteiger charge is -2.29. The minimum atomic E-state index is 0.343. The number of aryl methyl sites for hydroxylation is 1. The van der Waals surface area contributed by atoms with Gasteiger partial charge in [-0.05, 0) is 19.4 Å². The second kappa shape index (κ2) is 4.54. The van der Waals surface area contributed by atoms with E-state index < -0.39 is 0 Å². The highest BCUT2D eigenvalue weighted by Crippen LogP contribution is 2.36. The molecule has 3 nitrogen and oxygen atoms in total. The van der Waals surface area contributed by atoms with Crippen molar-refractivity contribution in [1.29, 1.82) is 0 Å². The van der Waals surface area contributed by atoms with Crippen LogP contribution in [0.4, 0.5) is 0 Å². The van der Waals surface area contributed by atoms with E-state index in [0.29, 0.717) is 6.04 Å². The lowest BCUT2D eigenvalue weighted by molar-refractivity contribution is 0.261. The van der Waals surface area contributed by atoms with Gasteiger partial charge >= 0.3 is 0 Å². The summed E-state index contributed by atoms with van der Waals surface area (Å²) in [6.07, 6.45) is 7.03. The third-order valence-corrected chi connectivity index (χ3v) is 3.70. The molecule has 0 saturated heterocycles. The van der Waals surface area contributed by atoms with Gasteiger partial charge in [0.05, 0.1) is 23.0 Å². The third kappa shape index (κ3) is 2.18. The van der Waals surface area contributed by atoms with Gasteiger partial charge in [0.15, 0.2) is 0 Å². The third-order valence-electron chi connectivity index (χ3n) is 3.41. The average Bonchev–Trinajstić information content (AvgIpc) is 2.47. The van der Waals surface area contributed by atoms with Gasteiger partial charge in [-0.2, -0.15) is 5.10 Å². The molecule has 1 saturated carbocycles. The second-order valence-corrected chi connectivity index (χ2v) is 4.78. The Morgan fingerprint density at radius 1 is 1.67 bits per heavy atom. The van der Waals surface area contributed by atoms with Crippen molar-refractivity contribution in [3.05, 3.63) is 16.9 Å². The first kappa shape index (κ1) is 11.0. The summed E-state index contributed by atoms with van der Waals surface area (Å²) in [5.41, 5.74) is 1.12. The molecule has 0 aliphatic heterocycles. The molecule has 1 fully saturated rings. The Labute approximate surface area is 95.8 Å². The van der Waals surface area contributed by atoms with Crippen molar-refractivity contribution in [3.8, 4) is 0 Å². The van der Waals surface area contributed by atoms with Gasteiger partial charge in [-0.15, -0.1) is 0 Å². The number of hydrogen-bond acceptors (Lipinski definition) is 2. The quantitative estimate of drug-likeness (QED) is 0.857. The van der Waals surface area contributed by atoms with E-state index in [4.69, 9.17) is 11.6 Å². The predicted octanol–water partition coefficient (Wildman–Crippen LogP) is 2.52. The first-order valence-electron chi connectivity index (χ1n) is 5.57. The Morgan fingerprint density at radius 2 is 2.40 bits per heavy atom. The largest absolute Gasteiger partial charge is 0.312 e. The van der Waals surface area contributed by atoms with Crippen LogP contribution in [0.5, 0.6) is 0 Å². The molecule has 0 spiro atoms. The molecule has 1 aromatic rings. The van der Waals surface area contributed by atoms with Gasteiger partial charge in [-0.25, -0.2) is 0 Å². The minimum Gasteiger partial charge on any atom is -0.312 e. The highest BCUT2D eigenvalue weighted by molar-refractivity contribution is 6.31. The molecule has 15 heavy (non-hydrogen) atoms. The van der Waals surface area contributed by atoms with Crippen molar-refractivity contribution in [2.75, 3.05) is 7.05 Å². The summed E-state index contributed by atoms with van der Waals surface area (Å²) in [4.78, 5) is 0. The Kier molecular flexibility index (Phi) is 3.32. The fraction of sp³-hybridized carbons (Fsp3) is 0.727. The molecule has 2 rings (SSSR count). The normalized spacial score (nSPS) is 18.9. The van der Waals surface area contributed by atoms with Crippen LogP contribution in [0, 0.1) is 5.92 Å². The van der Waals surface area contributed by atoms with Crippen molar-refractivity contribution in [1.82, 2.24) is 15.1 Å². The Bertz CT molecular complexity index is 311. The van der Waals surface area contributed by atoms with Crippen LogP contribution in [0.3, 0.4) is 0 Å². The van der Waals surface area contributed by atoms with Crippen molar-refractivity contribution in [2.24, 2.45) is 13.0 Å². The van der Waals surface area contributed by atoms with Crippen LogP contribution in [0.25, 0.3) is 0 Å². The monoisotopic (exact) mass is 227 g/mol. The summed E-state index contributed by atoms with van der Waals surface area (Å²) < 4.78 is 1.88. The van der Waals surface area contributed by atoms with Gasteiger partial charge in [0.1, 0.15) is 0 Å². The highest BCUT2D eigenvalue weighted by Gasteiger charge is 2.25. The number of halogens is 1. The molecule has 1 heterocycles. The molecule has 84 valence electrons. The van der Waals surface area contributed by atoms with E-state index in [1.54, 1.807) is 6.20 Å². The number of hydrogen-bond donors (Lipinski definition) is 1. The van der Waals surface area contributed by atoms with Crippen molar-refractivity contribution in [2.45, 2.75) is 31.7 Å². The number of nitrogens with one attached hydrogen (secondary N) is 1. The van der Waals surface area contributed by atoms with Gasteiger partial charge in [-0.3, -0.25) is 4.68 Å². The number of rotatable bonds is 4. The van der Waals surface area contributed by atoms with Crippen molar-refractivity contribution >= 4 is 11.6 Å². The van der Waals surface area contributed by atoms with Crippen LogP contribution in [-0.2, 0) is 7.05 Å². The Morgan fingerprint density at radius 3 is 2.80 bits per heavy atom. The molecule has 1 aliphatic rings. The van der Waals surface area contributed by atoms with E-state index in [9.17, 15) is 0 Å². The molecule has 0 aromatic carbocycles. The molecule has 1 aromatic heterocycles. The van der Waals surface area contributed by atoms with Crippen LogP contribution in [-0.4, -0.2) is 16.8 Å². The lowest BCUT2D eigenvalue weighted by atomic mass is 9.80. The summed E-state index contributed by atoms with van der Waals surface area (Å²) in [6.45, 7) is 0. The van der Waals surface area contributed by atoms with Gasteiger partial charge in [0, 0.05) is 7.05 Å². The van der Waals surface area contributed by atoms with E-state index in [0.717, 1.165) is 16.6 Å². The van der Waals surface area contributed by atoms with Gasteiger partial charge in [-0.1, -0.05) is 30.9 Å². The number of nitrogens with zero attached hydrogens (tertiary/aromatic N) is 2. The first-order valence-corrected chi connectivity index (χ1v) is 5.94. The SMILES string of the molecule is CNC(CC1CCC1)c1c(Cl)cnn1C. The number of aromatic nitrogens is 2. The standard InChI is InChI=1S/C11H18ClN3/c1-13-10(6-8-4-3-5-8)11-9(12)7-14-15(11)2/h7-8,10,13H,3-6H2,1-2H3. The molecule has 1 aliphatic carbocycles. The zero-order valence-corrected chi connectivity index (χ0v) is 10.1. The fourth-order valence-electron chi connectivity index (χ4n) is 2.24. The zero-order chi connectivity index (χ0) is 10.8. The molecule has 4 heteroatoms. The maximum Gasteiger partial charge on any atom is 0.0833 e. The van der Waals surface area contributed by atoms with Crippen LogP contribution in [0.15, 0.2) is 6.20 Å². The van der Waals surface area contributed by atoms with Gasteiger partial charge in [0.2, 0.25) is 0 Å². The predicted molar refractivity (Wildman–Crippen MR) is 62.0 cm³/mol. The summed E-state index contributed by atoms with van der Waals surface area (Å²) in [5.74, 6) is 0.869. The second-order valence-electron chi connectivity index (χ2n) is 4.38. The van der Waals surface area contributed by atoms with Gasteiger partial charge in [0.25, 0.3) is 0 Å². The molecule has 1 atom stereocenters. The lowest BCUT2D eigenvalue weighted by Crippen LogP contribution is -2.25. The zero-order valence-electron chi connectivity index (χ0n) is 9.33. The summed E-state index contributed by atoms with van der Waals surface area (Å²) >= 11 is 6.14. The minimum absolute atomic E-state index is 0.343. The summed E-state index contributed by atoms with van der Waals surface area (Å²) in [7, 11) is 3.94. The van der Waals surface area contributed by atoms with Crippen molar-refractivity contribution < 1.29 is 0 Å². The Balaban J connectivity index is 2.10. The fourth-order valence-corrected chi connectivity index (χ4v) is 2.54. The molecule has 0 amide bonds. The highest BCUT2D eigenvalue weighted by atomic mass is 35.5. The van der Waals surface area contributed by atoms with E-state index in [-0.39, 0.29) is 0 Å². The van der Waals surface area contributed by atoms with Gasteiger partial charge < -0.3 is 5.32 Å². The molecule has 0 bridgehead atoms. The maximum atomic E-state index is 6.14. The maximum absolute atomic E-state index is 6.14. The first-order chi connectivity index (χ1) is 7.22. The van der Waals surface area contributed by atoms with E-state index in [2.05, 4.69) is 10.4 Å². The van der Waals surface area contributed by atoms with Crippen LogP contribution >= 0.6 is 11.6 Å². The summed E-state index contributed by atoms with van der Waals surface area (Å²) in [5, 5.41) is 8.30. The van der Waals surface area contributed by atoms with Crippen molar-refractivity contribution in [3.63, 3.8) is 0 Å².